The number of hydrogen-bond acceptors (Lipinski definition) is 5. The van der Waals surface area contributed by atoms with E-state index in [2.05, 4.69) is 20.4 Å². The Morgan fingerprint density at radius 2 is 1.73 bits per heavy atom. The zero-order valence-corrected chi connectivity index (χ0v) is 15.2. The van der Waals surface area contributed by atoms with Crippen LogP contribution in [0.25, 0.3) is 11.5 Å². The lowest BCUT2D eigenvalue weighted by molar-refractivity contribution is 0.0963. The zero-order valence-electron chi connectivity index (χ0n) is 15.2. The second-order valence-electron chi connectivity index (χ2n) is 6.32. The molecule has 0 aliphatic heterocycles. The van der Waals surface area contributed by atoms with Crippen LogP contribution in [0.4, 0.5) is 0 Å². The van der Waals surface area contributed by atoms with E-state index in [1.54, 1.807) is 7.05 Å². The second-order valence-corrected chi connectivity index (χ2v) is 6.32. The van der Waals surface area contributed by atoms with Gasteiger partial charge in [0.25, 0.3) is 5.91 Å². The molecule has 0 aliphatic rings. The summed E-state index contributed by atoms with van der Waals surface area (Å²) in [6.07, 6.45) is 0. The Balaban J connectivity index is 1.60. The summed E-state index contributed by atoms with van der Waals surface area (Å²) in [5.41, 5.74) is 3.87. The molecule has 134 valence electrons. The molecule has 0 fully saturated rings. The van der Waals surface area contributed by atoms with Gasteiger partial charge in [-0.2, -0.15) is 0 Å². The summed E-state index contributed by atoms with van der Waals surface area (Å²) in [7, 11) is 3.61. The van der Waals surface area contributed by atoms with Crippen LogP contribution >= 0.6 is 0 Å². The number of aromatic nitrogens is 2. The average molecular weight is 350 g/mol. The first kappa shape index (κ1) is 17.8. The number of benzene rings is 2. The van der Waals surface area contributed by atoms with Crippen LogP contribution in [0.5, 0.6) is 0 Å². The maximum absolute atomic E-state index is 11.6. The molecule has 1 aromatic heterocycles. The Labute approximate surface area is 152 Å². The molecule has 1 heterocycles. The Bertz CT molecular complexity index is 870. The maximum atomic E-state index is 11.6. The number of nitrogens with one attached hydrogen (secondary N) is 1. The third-order valence-electron chi connectivity index (χ3n) is 4.07. The van der Waals surface area contributed by atoms with Gasteiger partial charge in [0.2, 0.25) is 11.8 Å². The van der Waals surface area contributed by atoms with Gasteiger partial charge >= 0.3 is 0 Å². The Kier molecular flexibility index (Phi) is 5.43. The SMILES string of the molecule is CNC(=O)c1ccc(CN(C)Cc2nnc(-c3ccc(C)cc3)o2)cc1. The van der Waals surface area contributed by atoms with Crippen molar-refractivity contribution in [1.82, 2.24) is 20.4 Å². The van der Waals surface area contributed by atoms with Crippen molar-refractivity contribution < 1.29 is 9.21 Å². The van der Waals surface area contributed by atoms with E-state index >= 15 is 0 Å². The number of rotatable bonds is 6. The molecule has 0 atom stereocenters. The lowest BCUT2D eigenvalue weighted by Crippen LogP contribution is -2.19. The average Bonchev–Trinajstić information content (AvgIpc) is 3.10. The molecule has 6 heteroatoms. The fourth-order valence-corrected chi connectivity index (χ4v) is 2.63. The van der Waals surface area contributed by atoms with Crippen molar-refractivity contribution in [3.63, 3.8) is 0 Å². The molecule has 0 saturated carbocycles. The monoisotopic (exact) mass is 350 g/mol. The molecule has 0 radical (unpaired) electrons. The van der Waals surface area contributed by atoms with Crippen molar-refractivity contribution in [1.29, 1.82) is 0 Å². The molecule has 0 saturated heterocycles. The quantitative estimate of drug-likeness (QED) is 0.740. The predicted octanol–water partition coefficient (Wildman–Crippen LogP) is 3.04. The number of aryl methyl sites for hydroxylation is 1. The minimum atomic E-state index is -0.0839. The number of amides is 1. The molecule has 0 spiro atoms. The van der Waals surface area contributed by atoms with Crippen molar-refractivity contribution in [3.05, 3.63) is 71.1 Å². The van der Waals surface area contributed by atoms with Crippen molar-refractivity contribution in [2.24, 2.45) is 0 Å². The molecule has 3 aromatic rings. The van der Waals surface area contributed by atoms with Crippen LogP contribution in [-0.4, -0.2) is 35.1 Å². The largest absolute Gasteiger partial charge is 0.419 e. The Hall–Kier alpha value is -2.99. The number of carbonyl (C=O) groups is 1. The van der Waals surface area contributed by atoms with E-state index in [0.29, 0.717) is 23.9 Å². The molecule has 1 amide bonds. The van der Waals surface area contributed by atoms with E-state index in [9.17, 15) is 4.79 Å². The molecule has 0 unspecified atom stereocenters. The fraction of sp³-hybridized carbons (Fsp3) is 0.250. The smallest absolute Gasteiger partial charge is 0.251 e. The topological polar surface area (TPSA) is 71.3 Å². The van der Waals surface area contributed by atoms with Crippen LogP contribution < -0.4 is 5.32 Å². The summed E-state index contributed by atoms with van der Waals surface area (Å²) in [5.74, 6) is 1.02. The highest BCUT2D eigenvalue weighted by atomic mass is 16.4. The molecular formula is C20H22N4O2. The van der Waals surface area contributed by atoms with Gasteiger partial charge in [0, 0.05) is 24.7 Å². The van der Waals surface area contributed by atoms with Gasteiger partial charge < -0.3 is 9.73 Å². The normalized spacial score (nSPS) is 10.9. The lowest BCUT2D eigenvalue weighted by atomic mass is 10.1. The van der Waals surface area contributed by atoms with Gasteiger partial charge in [-0.1, -0.05) is 29.8 Å². The third kappa shape index (κ3) is 4.34. The molecule has 2 aromatic carbocycles. The van der Waals surface area contributed by atoms with Gasteiger partial charge in [-0.25, -0.2) is 0 Å². The van der Waals surface area contributed by atoms with Gasteiger partial charge in [0.15, 0.2) is 0 Å². The summed E-state index contributed by atoms with van der Waals surface area (Å²) in [6.45, 7) is 3.31. The number of hydrogen-bond donors (Lipinski definition) is 1. The summed E-state index contributed by atoms with van der Waals surface area (Å²) >= 11 is 0. The minimum absolute atomic E-state index is 0.0839. The van der Waals surface area contributed by atoms with Crippen molar-refractivity contribution >= 4 is 5.91 Å². The van der Waals surface area contributed by atoms with Crippen molar-refractivity contribution in [2.75, 3.05) is 14.1 Å². The minimum Gasteiger partial charge on any atom is -0.419 e. The van der Waals surface area contributed by atoms with E-state index in [1.807, 2.05) is 62.5 Å². The van der Waals surface area contributed by atoms with E-state index < -0.39 is 0 Å². The summed E-state index contributed by atoms with van der Waals surface area (Å²) in [4.78, 5) is 13.7. The van der Waals surface area contributed by atoms with Crippen LogP contribution in [0, 0.1) is 6.92 Å². The first-order valence-corrected chi connectivity index (χ1v) is 8.44. The Morgan fingerprint density at radius 1 is 1.04 bits per heavy atom. The summed E-state index contributed by atoms with van der Waals surface area (Å²) in [6, 6.07) is 15.5. The standard InChI is InChI=1S/C20H22N4O2/c1-14-4-8-17(9-5-14)20-23-22-18(26-20)13-24(3)12-15-6-10-16(11-7-15)19(25)21-2/h4-11H,12-13H2,1-3H3,(H,21,25). The van der Waals surface area contributed by atoms with Crippen LogP contribution in [0.2, 0.25) is 0 Å². The number of carbonyl (C=O) groups excluding carboxylic acids is 1. The highest BCUT2D eigenvalue weighted by Crippen LogP contribution is 2.19. The molecule has 0 bridgehead atoms. The summed E-state index contributed by atoms with van der Waals surface area (Å²) in [5, 5.41) is 10.9. The van der Waals surface area contributed by atoms with Crippen molar-refractivity contribution in [3.8, 4) is 11.5 Å². The second kappa shape index (κ2) is 7.93. The van der Waals surface area contributed by atoms with E-state index in [4.69, 9.17) is 4.42 Å². The molecule has 0 aliphatic carbocycles. The first-order valence-electron chi connectivity index (χ1n) is 8.44. The van der Waals surface area contributed by atoms with Gasteiger partial charge in [-0.15, -0.1) is 10.2 Å². The molecule has 26 heavy (non-hydrogen) atoms. The molecule has 1 N–H and O–H groups in total. The van der Waals surface area contributed by atoms with Gasteiger partial charge in [-0.3, -0.25) is 9.69 Å². The van der Waals surface area contributed by atoms with Crippen LogP contribution in [0.3, 0.4) is 0 Å². The number of nitrogens with zero attached hydrogens (tertiary/aromatic N) is 3. The van der Waals surface area contributed by atoms with Gasteiger partial charge in [0.05, 0.1) is 6.54 Å². The van der Waals surface area contributed by atoms with E-state index in [-0.39, 0.29) is 5.91 Å². The highest BCUT2D eigenvalue weighted by Gasteiger charge is 2.11. The summed E-state index contributed by atoms with van der Waals surface area (Å²) < 4.78 is 5.77. The maximum Gasteiger partial charge on any atom is 0.251 e. The Morgan fingerprint density at radius 3 is 2.38 bits per heavy atom. The van der Waals surface area contributed by atoms with Gasteiger partial charge in [0.1, 0.15) is 0 Å². The van der Waals surface area contributed by atoms with Crippen LogP contribution in [-0.2, 0) is 13.1 Å². The lowest BCUT2D eigenvalue weighted by Gasteiger charge is -2.14. The molecular weight excluding hydrogens is 328 g/mol. The predicted molar refractivity (Wildman–Crippen MR) is 99.5 cm³/mol. The molecule has 3 rings (SSSR count). The van der Waals surface area contributed by atoms with Crippen molar-refractivity contribution in [2.45, 2.75) is 20.0 Å². The first-order chi connectivity index (χ1) is 12.5. The molecule has 6 nitrogen and oxygen atoms in total. The highest BCUT2D eigenvalue weighted by molar-refractivity contribution is 5.93. The van der Waals surface area contributed by atoms with E-state index in [1.165, 1.54) is 5.56 Å². The van der Waals surface area contributed by atoms with Crippen LogP contribution in [0.1, 0.15) is 27.4 Å². The fourth-order valence-electron chi connectivity index (χ4n) is 2.63. The van der Waals surface area contributed by atoms with E-state index in [0.717, 1.165) is 17.7 Å². The third-order valence-corrected chi connectivity index (χ3v) is 4.07. The van der Waals surface area contributed by atoms with Gasteiger partial charge in [-0.05, 0) is 43.8 Å². The van der Waals surface area contributed by atoms with Crippen LogP contribution in [0.15, 0.2) is 52.9 Å². The zero-order chi connectivity index (χ0) is 18.5.